The van der Waals surface area contributed by atoms with Crippen molar-refractivity contribution < 1.29 is 4.79 Å². The third-order valence-corrected chi connectivity index (χ3v) is 4.97. The SMILES string of the molecule is O=C(c1cnccn1)N1CC[C@@H](c2nc3ccc(-c4cccnc4)cn3n2)C1. The van der Waals surface area contributed by atoms with Gasteiger partial charge < -0.3 is 4.90 Å². The summed E-state index contributed by atoms with van der Waals surface area (Å²) in [7, 11) is 0. The van der Waals surface area contributed by atoms with Crippen molar-refractivity contribution in [2.24, 2.45) is 0 Å². The molecule has 5 heterocycles. The van der Waals surface area contributed by atoms with Crippen LogP contribution in [0.25, 0.3) is 16.8 Å². The molecule has 0 aliphatic carbocycles. The first-order valence-electron chi connectivity index (χ1n) is 9.10. The standard InChI is InChI=1S/C20H17N7O/c28-20(17-11-22-7-8-23-17)26-9-5-16(12-26)19-24-18-4-3-15(13-27(18)25-19)14-2-1-6-21-10-14/h1-4,6-8,10-11,13,16H,5,9,12H2/t16-/m1/s1. The molecule has 1 amide bonds. The Morgan fingerprint density at radius 3 is 2.79 bits per heavy atom. The molecule has 0 saturated carbocycles. The number of nitrogens with zero attached hydrogens (tertiary/aromatic N) is 7. The third-order valence-electron chi connectivity index (χ3n) is 4.97. The number of aromatic nitrogens is 6. The number of carbonyl (C=O) groups is 1. The Morgan fingerprint density at radius 1 is 1.04 bits per heavy atom. The highest BCUT2D eigenvalue weighted by Crippen LogP contribution is 2.27. The zero-order chi connectivity index (χ0) is 18.9. The molecule has 0 aromatic carbocycles. The Morgan fingerprint density at radius 2 is 1.96 bits per heavy atom. The number of rotatable bonds is 3. The maximum Gasteiger partial charge on any atom is 0.274 e. The lowest BCUT2D eigenvalue weighted by Crippen LogP contribution is -2.29. The van der Waals surface area contributed by atoms with Gasteiger partial charge in [-0.15, -0.1) is 0 Å². The molecule has 5 rings (SSSR count). The summed E-state index contributed by atoms with van der Waals surface area (Å²) in [5.74, 6) is 0.776. The summed E-state index contributed by atoms with van der Waals surface area (Å²) < 4.78 is 1.80. The molecule has 1 aliphatic heterocycles. The summed E-state index contributed by atoms with van der Waals surface area (Å²) in [6.45, 7) is 1.25. The van der Waals surface area contributed by atoms with E-state index < -0.39 is 0 Å². The highest BCUT2D eigenvalue weighted by atomic mass is 16.2. The van der Waals surface area contributed by atoms with Crippen LogP contribution in [0.5, 0.6) is 0 Å². The predicted molar refractivity (Wildman–Crippen MR) is 102 cm³/mol. The second kappa shape index (κ2) is 6.80. The van der Waals surface area contributed by atoms with Crippen LogP contribution >= 0.6 is 0 Å². The Hall–Kier alpha value is -3.68. The van der Waals surface area contributed by atoms with E-state index in [1.165, 1.54) is 12.4 Å². The van der Waals surface area contributed by atoms with Crippen LogP contribution in [0, 0.1) is 0 Å². The summed E-state index contributed by atoms with van der Waals surface area (Å²) in [6, 6.07) is 7.89. The zero-order valence-electron chi connectivity index (χ0n) is 15.0. The van der Waals surface area contributed by atoms with Gasteiger partial charge in [-0.3, -0.25) is 14.8 Å². The second-order valence-corrected chi connectivity index (χ2v) is 6.76. The van der Waals surface area contributed by atoms with Gasteiger partial charge in [-0.25, -0.2) is 14.5 Å². The summed E-state index contributed by atoms with van der Waals surface area (Å²) >= 11 is 0. The molecule has 8 nitrogen and oxygen atoms in total. The average molecular weight is 371 g/mol. The van der Waals surface area contributed by atoms with E-state index in [1.54, 1.807) is 21.8 Å². The normalized spacial score (nSPS) is 16.6. The van der Waals surface area contributed by atoms with Crippen molar-refractivity contribution in [2.75, 3.05) is 13.1 Å². The summed E-state index contributed by atoms with van der Waals surface area (Å²) in [6.07, 6.45) is 11.0. The topological polar surface area (TPSA) is 89.2 Å². The Balaban J connectivity index is 1.37. The van der Waals surface area contributed by atoms with E-state index in [9.17, 15) is 4.79 Å². The number of amides is 1. The van der Waals surface area contributed by atoms with E-state index in [0.29, 0.717) is 18.8 Å². The number of pyridine rings is 2. The Labute approximate surface area is 160 Å². The molecule has 0 bridgehead atoms. The lowest BCUT2D eigenvalue weighted by Gasteiger charge is -2.14. The molecule has 8 heteroatoms. The van der Waals surface area contributed by atoms with Crippen LogP contribution in [-0.2, 0) is 0 Å². The van der Waals surface area contributed by atoms with Crippen molar-refractivity contribution in [3.05, 3.63) is 73.0 Å². The number of carbonyl (C=O) groups excluding carboxylic acids is 1. The molecular weight excluding hydrogens is 354 g/mol. The maximum absolute atomic E-state index is 12.6. The molecule has 0 radical (unpaired) electrons. The van der Waals surface area contributed by atoms with Crippen LogP contribution < -0.4 is 0 Å². The largest absolute Gasteiger partial charge is 0.337 e. The van der Waals surface area contributed by atoms with E-state index in [1.807, 2.05) is 36.7 Å². The first-order valence-corrected chi connectivity index (χ1v) is 9.10. The van der Waals surface area contributed by atoms with Crippen LogP contribution in [0.4, 0.5) is 0 Å². The molecule has 0 spiro atoms. The minimum Gasteiger partial charge on any atom is -0.337 e. The highest BCUT2D eigenvalue weighted by molar-refractivity contribution is 5.92. The van der Waals surface area contributed by atoms with E-state index >= 15 is 0 Å². The van der Waals surface area contributed by atoms with Gasteiger partial charge in [0.05, 0.1) is 6.20 Å². The second-order valence-electron chi connectivity index (χ2n) is 6.76. The average Bonchev–Trinajstić information content (AvgIpc) is 3.41. The van der Waals surface area contributed by atoms with Gasteiger partial charge >= 0.3 is 0 Å². The molecular formula is C20H17N7O. The highest BCUT2D eigenvalue weighted by Gasteiger charge is 2.31. The Kier molecular flexibility index (Phi) is 4.01. The van der Waals surface area contributed by atoms with E-state index in [2.05, 4.69) is 25.0 Å². The lowest BCUT2D eigenvalue weighted by molar-refractivity contribution is 0.0784. The quantitative estimate of drug-likeness (QED) is 0.549. The summed E-state index contributed by atoms with van der Waals surface area (Å²) in [5.41, 5.74) is 3.22. The number of hydrogen-bond acceptors (Lipinski definition) is 6. The fourth-order valence-corrected chi connectivity index (χ4v) is 3.50. The van der Waals surface area contributed by atoms with Gasteiger partial charge in [-0.05, 0) is 24.6 Å². The van der Waals surface area contributed by atoms with Gasteiger partial charge in [0.15, 0.2) is 11.5 Å². The van der Waals surface area contributed by atoms with Gasteiger partial charge in [0, 0.05) is 61.1 Å². The summed E-state index contributed by atoms with van der Waals surface area (Å²) in [4.78, 5) is 31.3. The van der Waals surface area contributed by atoms with Crippen molar-refractivity contribution >= 4 is 11.6 Å². The zero-order valence-corrected chi connectivity index (χ0v) is 15.0. The molecule has 4 aromatic heterocycles. The third kappa shape index (κ3) is 2.98. The minimum atomic E-state index is -0.0989. The number of hydrogen-bond donors (Lipinski definition) is 0. The van der Waals surface area contributed by atoms with Gasteiger partial charge in [-0.2, -0.15) is 5.10 Å². The van der Waals surface area contributed by atoms with Crippen LogP contribution in [0.1, 0.15) is 28.7 Å². The first-order chi connectivity index (χ1) is 13.8. The van der Waals surface area contributed by atoms with Crippen LogP contribution in [0.3, 0.4) is 0 Å². The van der Waals surface area contributed by atoms with Crippen molar-refractivity contribution in [1.29, 1.82) is 0 Å². The molecule has 138 valence electrons. The van der Waals surface area contributed by atoms with Crippen LogP contribution in [0.2, 0.25) is 0 Å². The summed E-state index contributed by atoms with van der Waals surface area (Å²) in [5, 5.41) is 4.67. The van der Waals surface area contributed by atoms with Gasteiger partial charge in [0.2, 0.25) is 0 Å². The Bertz CT molecular complexity index is 1130. The number of likely N-dealkylation sites (tertiary alicyclic amines) is 1. The van der Waals surface area contributed by atoms with Crippen LogP contribution in [0.15, 0.2) is 61.4 Å². The lowest BCUT2D eigenvalue weighted by atomic mass is 10.1. The first kappa shape index (κ1) is 16.5. The molecule has 1 atom stereocenters. The molecule has 0 unspecified atom stereocenters. The van der Waals surface area contributed by atoms with E-state index in [0.717, 1.165) is 29.0 Å². The van der Waals surface area contributed by atoms with Gasteiger partial charge in [0.1, 0.15) is 5.69 Å². The molecule has 4 aromatic rings. The van der Waals surface area contributed by atoms with Crippen molar-refractivity contribution in [2.45, 2.75) is 12.3 Å². The monoisotopic (exact) mass is 371 g/mol. The molecule has 0 N–H and O–H groups in total. The van der Waals surface area contributed by atoms with Gasteiger partial charge in [0.25, 0.3) is 5.91 Å². The molecule has 28 heavy (non-hydrogen) atoms. The minimum absolute atomic E-state index is 0.0989. The maximum atomic E-state index is 12.6. The van der Waals surface area contributed by atoms with Crippen molar-refractivity contribution in [3.63, 3.8) is 0 Å². The predicted octanol–water partition coefficient (Wildman–Crippen LogP) is 2.21. The molecule has 1 aliphatic rings. The fraction of sp³-hybridized carbons (Fsp3) is 0.200. The molecule has 1 fully saturated rings. The number of fused-ring (bicyclic) bond motifs is 1. The van der Waals surface area contributed by atoms with Crippen LogP contribution in [-0.4, -0.2) is 53.4 Å². The van der Waals surface area contributed by atoms with Crippen molar-refractivity contribution in [3.8, 4) is 11.1 Å². The smallest absolute Gasteiger partial charge is 0.274 e. The molecule has 1 saturated heterocycles. The van der Waals surface area contributed by atoms with Gasteiger partial charge in [-0.1, -0.05) is 6.07 Å². The van der Waals surface area contributed by atoms with Crippen molar-refractivity contribution in [1.82, 2.24) is 34.4 Å². The fourth-order valence-electron chi connectivity index (χ4n) is 3.50. The van der Waals surface area contributed by atoms with E-state index in [-0.39, 0.29) is 11.8 Å². The van der Waals surface area contributed by atoms with E-state index in [4.69, 9.17) is 0 Å².